The summed E-state index contributed by atoms with van der Waals surface area (Å²) in [7, 11) is 0. The fourth-order valence-corrected chi connectivity index (χ4v) is 3.16. The molecule has 154 valence electrons. The average Bonchev–Trinajstić information content (AvgIpc) is 2.72. The maximum atomic E-state index is 12.7. The van der Waals surface area contributed by atoms with Crippen LogP contribution in [-0.2, 0) is 17.9 Å². The van der Waals surface area contributed by atoms with Gasteiger partial charge in [-0.1, -0.05) is 48.0 Å². The van der Waals surface area contributed by atoms with Crippen LogP contribution in [0.3, 0.4) is 0 Å². The molecular weight excluding hydrogens is 402 g/mol. The lowest BCUT2D eigenvalue weighted by molar-refractivity contribution is 0.102. The Bertz CT molecular complexity index is 1050. The zero-order chi connectivity index (χ0) is 21.5. The van der Waals surface area contributed by atoms with E-state index in [1.807, 2.05) is 55.5 Å². The molecule has 0 aromatic heterocycles. The van der Waals surface area contributed by atoms with Gasteiger partial charge in [-0.3, -0.25) is 10.1 Å². The topological polar surface area (TPSA) is 93.5 Å². The highest BCUT2D eigenvalue weighted by molar-refractivity contribution is 6.31. The molecule has 30 heavy (non-hydrogen) atoms. The summed E-state index contributed by atoms with van der Waals surface area (Å²) in [5, 5.41) is 5.74. The zero-order valence-corrected chi connectivity index (χ0v) is 17.2. The van der Waals surface area contributed by atoms with Crippen LogP contribution in [0.5, 0.6) is 0 Å². The van der Waals surface area contributed by atoms with Crippen LogP contribution >= 0.6 is 11.6 Å². The van der Waals surface area contributed by atoms with E-state index in [1.165, 1.54) is 12.1 Å². The Labute approximate surface area is 180 Å². The van der Waals surface area contributed by atoms with E-state index < -0.39 is 6.09 Å². The summed E-state index contributed by atoms with van der Waals surface area (Å²) in [5.74, 6) is -0.355. The Hall–Kier alpha value is -3.35. The van der Waals surface area contributed by atoms with Gasteiger partial charge in [0.15, 0.2) is 0 Å². The standard InChI is InChI=1S/C23H22ClN3O3/c1-15-7-17(13-25)9-20(8-15)26-22(28)18-10-19(24)12-21(11-18)27-23(29)30-14-16-5-3-2-4-6-16/h2-12H,13-14,25H2,1H3,(H,26,28)(H,27,29). The molecule has 0 saturated carbocycles. The van der Waals surface area contributed by atoms with Crippen LogP contribution in [0.15, 0.2) is 66.7 Å². The monoisotopic (exact) mass is 423 g/mol. The Morgan fingerprint density at radius 1 is 0.933 bits per heavy atom. The number of benzene rings is 3. The van der Waals surface area contributed by atoms with E-state index in [4.69, 9.17) is 22.1 Å². The summed E-state index contributed by atoms with van der Waals surface area (Å²) in [5.41, 5.74) is 9.77. The highest BCUT2D eigenvalue weighted by atomic mass is 35.5. The van der Waals surface area contributed by atoms with E-state index in [-0.39, 0.29) is 12.5 Å². The van der Waals surface area contributed by atoms with Gasteiger partial charge >= 0.3 is 6.09 Å². The van der Waals surface area contributed by atoms with Crippen LogP contribution in [0.4, 0.5) is 16.2 Å². The third-order valence-corrected chi connectivity index (χ3v) is 4.47. The van der Waals surface area contributed by atoms with E-state index in [9.17, 15) is 9.59 Å². The van der Waals surface area contributed by atoms with Crippen LogP contribution in [-0.4, -0.2) is 12.0 Å². The third-order valence-electron chi connectivity index (χ3n) is 4.25. The molecule has 7 heteroatoms. The largest absolute Gasteiger partial charge is 0.444 e. The van der Waals surface area contributed by atoms with Gasteiger partial charge in [-0.05, 0) is 53.9 Å². The zero-order valence-electron chi connectivity index (χ0n) is 16.4. The van der Waals surface area contributed by atoms with Crippen molar-refractivity contribution in [3.8, 4) is 0 Å². The van der Waals surface area contributed by atoms with Crippen molar-refractivity contribution in [2.45, 2.75) is 20.1 Å². The normalized spacial score (nSPS) is 10.4. The van der Waals surface area contributed by atoms with Gasteiger partial charge in [0.05, 0.1) is 0 Å². The maximum Gasteiger partial charge on any atom is 0.411 e. The number of ether oxygens (including phenoxy) is 1. The molecule has 0 bridgehead atoms. The van der Waals surface area contributed by atoms with Crippen molar-refractivity contribution in [3.05, 3.63) is 94.0 Å². The number of hydrogen-bond acceptors (Lipinski definition) is 4. The number of carbonyl (C=O) groups excluding carboxylic acids is 2. The highest BCUT2D eigenvalue weighted by Crippen LogP contribution is 2.21. The quantitative estimate of drug-likeness (QED) is 0.513. The second-order valence-electron chi connectivity index (χ2n) is 6.78. The molecule has 0 spiro atoms. The van der Waals surface area contributed by atoms with Crippen LogP contribution in [0.2, 0.25) is 5.02 Å². The van der Waals surface area contributed by atoms with Crippen molar-refractivity contribution >= 4 is 35.0 Å². The van der Waals surface area contributed by atoms with E-state index in [0.717, 1.165) is 16.7 Å². The number of aryl methyl sites for hydroxylation is 1. The SMILES string of the molecule is Cc1cc(CN)cc(NC(=O)c2cc(Cl)cc(NC(=O)OCc3ccccc3)c2)c1. The van der Waals surface area contributed by atoms with E-state index in [1.54, 1.807) is 6.07 Å². The lowest BCUT2D eigenvalue weighted by Gasteiger charge is -2.11. The van der Waals surface area contributed by atoms with E-state index in [0.29, 0.717) is 28.5 Å². The molecular formula is C23H22ClN3O3. The Morgan fingerprint density at radius 3 is 2.40 bits per heavy atom. The van der Waals surface area contributed by atoms with Crippen LogP contribution in [0, 0.1) is 6.92 Å². The fourth-order valence-electron chi connectivity index (χ4n) is 2.93. The van der Waals surface area contributed by atoms with Gasteiger partial charge in [0, 0.05) is 28.5 Å². The lowest BCUT2D eigenvalue weighted by atomic mass is 10.1. The van der Waals surface area contributed by atoms with Crippen LogP contribution in [0.25, 0.3) is 0 Å². The van der Waals surface area contributed by atoms with Crippen LogP contribution in [0.1, 0.15) is 27.0 Å². The maximum absolute atomic E-state index is 12.7. The summed E-state index contributed by atoms with van der Waals surface area (Å²) in [6.45, 7) is 2.44. The molecule has 0 atom stereocenters. The Morgan fingerprint density at radius 2 is 1.67 bits per heavy atom. The second-order valence-corrected chi connectivity index (χ2v) is 7.22. The molecule has 0 aliphatic rings. The number of amides is 2. The number of rotatable bonds is 6. The number of halogens is 1. The molecule has 3 rings (SSSR count). The van der Waals surface area contributed by atoms with Crippen molar-refractivity contribution in [1.82, 2.24) is 0 Å². The van der Waals surface area contributed by atoms with Gasteiger partial charge in [0.2, 0.25) is 0 Å². The molecule has 3 aromatic carbocycles. The Balaban J connectivity index is 1.67. The highest BCUT2D eigenvalue weighted by Gasteiger charge is 2.12. The summed E-state index contributed by atoms with van der Waals surface area (Å²) in [6, 6.07) is 19.5. The summed E-state index contributed by atoms with van der Waals surface area (Å²) in [4.78, 5) is 24.8. The first-order valence-electron chi connectivity index (χ1n) is 9.33. The molecule has 0 radical (unpaired) electrons. The minimum atomic E-state index is -0.640. The number of nitrogens with one attached hydrogen (secondary N) is 2. The first-order valence-corrected chi connectivity index (χ1v) is 9.71. The first-order chi connectivity index (χ1) is 14.4. The summed E-state index contributed by atoms with van der Waals surface area (Å²) < 4.78 is 5.20. The lowest BCUT2D eigenvalue weighted by Crippen LogP contribution is -2.16. The summed E-state index contributed by atoms with van der Waals surface area (Å²) >= 11 is 6.14. The van der Waals surface area contributed by atoms with Gasteiger partial charge in [0.1, 0.15) is 6.61 Å². The molecule has 0 saturated heterocycles. The smallest absolute Gasteiger partial charge is 0.411 e. The average molecular weight is 424 g/mol. The van der Waals surface area contributed by atoms with Gasteiger partial charge < -0.3 is 15.8 Å². The molecule has 0 aliphatic carbocycles. The van der Waals surface area contributed by atoms with Crippen molar-refractivity contribution < 1.29 is 14.3 Å². The van der Waals surface area contributed by atoms with Gasteiger partial charge in [0.25, 0.3) is 5.91 Å². The minimum absolute atomic E-state index is 0.136. The molecule has 4 N–H and O–H groups in total. The van der Waals surface area contributed by atoms with Gasteiger partial charge in [-0.25, -0.2) is 4.79 Å². The summed E-state index contributed by atoms with van der Waals surface area (Å²) in [6.07, 6.45) is -0.640. The Kier molecular flexibility index (Phi) is 7.06. The molecule has 2 amide bonds. The van der Waals surface area contributed by atoms with E-state index >= 15 is 0 Å². The molecule has 0 heterocycles. The second kappa shape index (κ2) is 9.91. The van der Waals surface area contributed by atoms with Crippen molar-refractivity contribution in [2.75, 3.05) is 10.6 Å². The predicted octanol–water partition coefficient (Wildman–Crippen LogP) is 5.11. The van der Waals surface area contributed by atoms with Crippen molar-refractivity contribution in [2.24, 2.45) is 5.73 Å². The third kappa shape index (κ3) is 6.07. The molecule has 6 nitrogen and oxygen atoms in total. The van der Waals surface area contributed by atoms with Crippen molar-refractivity contribution in [1.29, 1.82) is 0 Å². The molecule has 0 unspecified atom stereocenters. The number of hydrogen-bond donors (Lipinski definition) is 3. The van der Waals surface area contributed by atoms with Crippen LogP contribution < -0.4 is 16.4 Å². The molecule has 3 aromatic rings. The first kappa shape index (κ1) is 21.4. The number of nitrogens with two attached hydrogens (primary N) is 1. The van der Waals surface area contributed by atoms with Gasteiger partial charge in [-0.2, -0.15) is 0 Å². The van der Waals surface area contributed by atoms with E-state index in [2.05, 4.69) is 10.6 Å². The minimum Gasteiger partial charge on any atom is -0.444 e. The predicted molar refractivity (Wildman–Crippen MR) is 119 cm³/mol. The molecule has 0 aliphatic heterocycles. The van der Waals surface area contributed by atoms with Gasteiger partial charge in [-0.15, -0.1) is 0 Å². The fraction of sp³-hybridized carbons (Fsp3) is 0.130. The number of anilines is 2. The molecule has 0 fully saturated rings. The van der Waals surface area contributed by atoms with Crippen molar-refractivity contribution in [3.63, 3.8) is 0 Å². The number of carbonyl (C=O) groups is 2.